The first-order valence-corrected chi connectivity index (χ1v) is 5.83. The molecule has 0 aromatic rings. The molecule has 15 heavy (non-hydrogen) atoms. The van der Waals surface area contributed by atoms with Crippen LogP contribution in [0.4, 0.5) is 0 Å². The normalized spacial score (nSPS) is 28.6. The lowest BCUT2D eigenvalue weighted by atomic mass is 9.88. The highest BCUT2D eigenvalue weighted by Gasteiger charge is 2.33. The molecule has 1 aliphatic carbocycles. The quantitative estimate of drug-likeness (QED) is 0.760. The maximum Gasteiger partial charge on any atom is 0.0613 e. The molecule has 1 atom stereocenters. The lowest BCUT2D eigenvalue weighted by Crippen LogP contribution is -2.51. The van der Waals surface area contributed by atoms with Crippen LogP contribution in [0.1, 0.15) is 40.5 Å². The van der Waals surface area contributed by atoms with E-state index in [4.69, 9.17) is 9.47 Å². The van der Waals surface area contributed by atoms with Crippen molar-refractivity contribution in [2.45, 2.75) is 64.3 Å². The Labute approximate surface area is 93.5 Å². The Balaban J connectivity index is 2.10. The third-order valence-electron chi connectivity index (χ3n) is 2.55. The Bertz CT molecular complexity index is 183. The van der Waals surface area contributed by atoms with Gasteiger partial charge in [0.2, 0.25) is 0 Å². The zero-order chi connectivity index (χ0) is 11.5. The largest absolute Gasteiger partial charge is 0.383 e. The van der Waals surface area contributed by atoms with E-state index < -0.39 is 0 Å². The molecule has 0 radical (unpaired) electrons. The van der Waals surface area contributed by atoms with Gasteiger partial charge in [-0.2, -0.15) is 0 Å². The second kappa shape index (κ2) is 5.28. The number of hydrogen-bond acceptors (Lipinski definition) is 3. The van der Waals surface area contributed by atoms with E-state index >= 15 is 0 Å². The van der Waals surface area contributed by atoms with Crippen molar-refractivity contribution in [2.75, 3.05) is 13.7 Å². The van der Waals surface area contributed by atoms with Gasteiger partial charge < -0.3 is 14.8 Å². The first-order valence-electron chi connectivity index (χ1n) is 5.83. The van der Waals surface area contributed by atoms with Crippen molar-refractivity contribution in [3.63, 3.8) is 0 Å². The fourth-order valence-corrected chi connectivity index (χ4v) is 2.00. The predicted molar refractivity (Wildman–Crippen MR) is 62.1 cm³/mol. The molecule has 3 nitrogen and oxygen atoms in total. The van der Waals surface area contributed by atoms with Crippen LogP contribution >= 0.6 is 0 Å². The van der Waals surface area contributed by atoms with Crippen molar-refractivity contribution in [3.05, 3.63) is 0 Å². The Morgan fingerprint density at radius 1 is 1.33 bits per heavy atom. The van der Waals surface area contributed by atoms with Crippen LogP contribution in [-0.4, -0.2) is 37.5 Å². The molecule has 90 valence electrons. The standard InChI is InChI=1S/C12H25NO2/c1-9(8-14-5)13-10-6-11(7-10)15-12(2,3)4/h9-11,13H,6-8H2,1-5H3. The highest BCUT2D eigenvalue weighted by atomic mass is 16.5. The zero-order valence-electron chi connectivity index (χ0n) is 10.7. The van der Waals surface area contributed by atoms with E-state index in [1.54, 1.807) is 7.11 Å². The van der Waals surface area contributed by atoms with Gasteiger partial charge in [0.15, 0.2) is 0 Å². The first-order chi connectivity index (χ1) is 6.90. The summed E-state index contributed by atoms with van der Waals surface area (Å²) in [5.74, 6) is 0. The topological polar surface area (TPSA) is 30.5 Å². The zero-order valence-corrected chi connectivity index (χ0v) is 10.7. The van der Waals surface area contributed by atoms with Crippen LogP contribution in [0.5, 0.6) is 0 Å². The highest BCUT2D eigenvalue weighted by molar-refractivity contribution is 4.88. The van der Waals surface area contributed by atoms with E-state index in [0.29, 0.717) is 18.2 Å². The Morgan fingerprint density at radius 2 is 1.93 bits per heavy atom. The van der Waals surface area contributed by atoms with Gasteiger partial charge in [0, 0.05) is 19.2 Å². The van der Waals surface area contributed by atoms with E-state index in [1.165, 1.54) is 0 Å². The van der Waals surface area contributed by atoms with Crippen LogP contribution in [0.3, 0.4) is 0 Å². The number of methoxy groups -OCH3 is 1. The molecule has 0 aliphatic heterocycles. The van der Waals surface area contributed by atoms with Gasteiger partial charge in [-0.1, -0.05) is 0 Å². The fraction of sp³-hybridized carbons (Fsp3) is 1.00. The van der Waals surface area contributed by atoms with Crippen molar-refractivity contribution in [1.82, 2.24) is 5.32 Å². The van der Waals surface area contributed by atoms with Crippen molar-refractivity contribution >= 4 is 0 Å². The first kappa shape index (κ1) is 12.9. The van der Waals surface area contributed by atoms with Crippen molar-refractivity contribution < 1.29 is 9.47 Å². The van der Waals surface area contributed by atoms with Gasteiger partial charge in [0.25, 0.3) is 0 Å². The van der Waals surface area contributed by atoms with Gasteiger partial charge in [-0.25, -0.2) is 0 Å². The summed E-state index contributed by atoms with van der Waals surface area (Å²) in [5, 5.41) is 3.53. The van der Waals surface area contributed by atoms with Gasteiger partial charge in [-0.15, -0.1) is 0 Å². The molecule has 1 aliphatic rings. The minimum Gasteiger partial charge on any atom is -0.383 e. The van der Waals surface area contributed by atoms with Crippen molar-refractivity contribution in [1.29, 1.82) is 0 Å². The fourth-order valence-electron chi connectivity index (χ4n) is 2.00. The number of ether oxygens (including phenoxy) is 2. The molecule has 0 bridgehead atoms. The lowest BCUT2D eigenvalue weighted by molar-refractivity contribution is -0.104. The maximum absolute atomic E-state index is 5.87. The molecular formula is C12H25NO2. The van der Waals surface area contributed by atoms with Gasteiger partial charge in [-0.3, -0.25) is 0 Å². The molecule has 0 spiro atoms. The molecule has 3 heteroatoms. The smallest absolute Gasteiger partial charge is 0.0613 e. The minimum atomic E-state index is -0.00617. The monoisotopic (exact) mass is 215 g/mol. The van der Waals surface area contributed by atoms with Crippen molar-refractivity contribution in [2.24, 2.45) is 0 Å². The lowest BCUT2D eigenvalue weighted by Gasteiger charge is -2.40. The molecule has 0 amide bonds. The van der Waals surface area contributed by atoms with E-state index in [0.717, 1.165) is 19.4 Å². The third-order valence-corrected chi connectivity index (χ3v) is 2.55. The second-order valence-electron chi connectivity index (χ2n) is 5.54. The predicted octanol–water partition coefficient (Wildman–Crippen LogP) is 1.96. The molecule has 1 saturated carbocycles. The molecule has 0 aromatic heterocycles. The van der Waals surface area contributed by atoms with Crippen LogP contribution in [0.25, 0.3) is 0 Å². The molecule has 1 fully saturated rings. The molecule has 0 aromatic carbocycles. The van der Waals surface area contributed by atoms with Crippen LogP contribution in [-0.2, 0) is 9.47 Å². The molecule has 1 N–H and O–H groups in total. The minimum absolute atomic E-state index is 0.00617. The van der Waals surface area contributed by atoms with Gasteiger partial charge in [0.1, 0.15) is 0 Å². The third kappa shape index (κ3) is 4.96. The van der Waals surface area contributed by atoms with Crippen molar-refractivity contribution in [3.8, 4) is 0 Å². The summed E-state index contributed by atoms with van der Waals surface area (Å²) in [5.41, 5.74) is -0.00617. The summed E-state index contributed by atoms with van der Waals surface area (Å²) in [6.07, 6.45) is 2.70. The highest BCUT2D eigenvalue weighted by Crippen LogP contribution is 2.27. The molecule has 0 saturated heterocycles. The Kier molecular flexibility index (Phi) is 4.56. The number of nitrogens with one attached hydrogen (secondary N) is 1. The van der Waals surface area contributed by atoms with E-state index in [-0.39, 0.29) is 5.60 Å². The van der Waals surface area contributed by atoms with Gasteiger partial charge in [0.05, 0.1) is 18.3 Å². The van der Waals surface area contributed by atoms with Crippen LogP contribution in [0.2, 0.25) is 0 Å². The van der Waals surface area contributed by atoms with Crippen LogP contribution < -0.4 is 5.32 Å². The summed E-state index contributed by atoms with van der Waals surface area (Å²) < 4.78 is 11.0. The molecule has 0 heterocycles. The number of rotatable bonds is 5. The number of hydrogen-bond donors (Lipinski definition) is 1. The summed E-state index contributed by atoms with van der Waals surface area (Å²) in [6, 6.07) is 1.05. The average molecular weight is 215 g/mol. The van der Waals surface area contributed by atoms with E-state index in [9.17, 15) is 0 Å². The molecule has 1 unspecified atom stereocenters. The molecule has 1 rings (SSSR count). The summed E-state index contributed by atoms with van der Waals surface area (Å²) in [6.45, 7) is 9.27. The Hall–Kier alpha value is -0.120. The summed E-state index contributed by atoms with van der Waals surface area (Å²) in [7, 11) is 1.74. The summed E-state index contributed by atoms with van der Waals surface area (Å²) in [4.78, 5) is 0. The Morgan fingerprint density at radius 3 is 2.40 bits per heavy atom. The van der Waals surface area contributed by atoms with Crippen LogP contribution in [0.15, 0.2) is 0 Å². The van der Waals surface area contributed by atoms with Crippen LogP contribution in [0, 0.1) is 0 Å². The van der Waals surface area contributed by atoms with Gasteiger partial charge >= 0.3 is 0 Å². The van der Waals surface area contributed by atoms with E-state index in [1.807, 2.05) is 0 Å². The average Bonchev–Trinajstić information content (AvgIpc) is 1.98. The summed E-state index contributed by atoms with van der Waals surface area (Å²) >= 11 is 0. The van der Waals surface area contributed by atoms with E-state index in [2.05, 4.69) is 33.0 Å². The van der Waals surface area contributed by atoms with Gasteiger partial charge in [-0.05, 0) is 40.5 Å². The SMILES string of the molecule is COCC(C)NC1CC(OC(C)(C)C)C1. The molecular weight excluding hydrogens is 190 g/mol. The second-order valence-corrected chi connectivity index (χ2v) is 5.54. The maximum atomic E-state index is 5.87.